The smallest absolute Gasteiger partial charge is 0.165 e. The highest BCUT2D eigenvalue weighted by atomic mass is 79.9. The van der Waals surface area contributed by atoms with Gasteiger partial charge in [-0.15, -0.1) is 0 Å². The zero-order valence-corrected chi connectivity index (χ0v) is 33.0. The van der Waals surface area contributed by atoms with Crippen molar-refractivity contribution in [2.75, 3.05) is 32.0 Å². The number of benzene rings is 2. The fraction of sp³-hybridized carbons (Fsp3) is 0.439. The fourth-order valence-electron chi connectivity index (χ4n) is 8.34. The van der Waals surface area contributed by atoms with Gasteiger partial charge in [-0.1, -0.05) is 18.2 Å². The van der Waals surface area contributed by atoms with E-state index >= 15 is 13.2 Å². The molecule has 3 atom stereocenters. The second kappa shape index (κ2) is 15.3. The molecule has 0 amide bonds. The van der Waals surface area contributed by atoms with Crippen LogP contribution in [-0.4, -0.2) is 72.2 Å². The van der Waals surface area contributed by atoms with Crippen LogP contribution in [0.4, 0.5) is 19.0 Å². The van der Waals surface area contributed by atoms with Crippen LogP contribution in [0.3, 0.4) is 0 Å². The summed E-state index contributed by atoms with van der Waals surface area (Å²) in [6.07, 6.45) is 10.7. The third kappa shape index (κ3) is 7.48. The molecule has 1 saturated heterocycles. The molecular weight excluding hydrogens is 771 g/mol. The van der Waals surface area contributed by atoms with Crippen molar-refractivity contribution in [3.8, 4) is 16.9 Å². The Bertz CT molecular complexity index is 2300. The summed E-state index contributed by atoms with van der Waals surface area (Å²) in [5.74, 6) is -0.497. The van der Waals surface area contributed by atoms with Gasteiger partial charge in [0, 0.05) is 83.2 Å². The van der Waals surface area contributed by atoms with E-state index in [1.807, 2.05) is 53.2 Å². The topological polar surface area (TPSA) is 114 Å². The lowest BCUT2D eigenvalue weighted by atomic mass is 9.87. The highest BCUT2D eigenvalue weighted by Crippen LogP contribution is 2.44. The molecule has 0 aliphatic carbocycles. The third-order valence-electron chi connectivity index (χ3n) is 11.0. The number of aromatic nitrogens is 6. The van der Waals surface area contributed by atoms with Crippen molar-refractivity contribution >= 4 is 38.3 Å². The summed E-state index contributed by atoms with van der Waals surface area (Å²) in [5.41, 5.74) is 10.9. The van der Waals surface area contributed by atoms with Crippen molar-refractivity contribution in [1.82, 2.24) is 39.6 Å². The number of aryl methyl sites for hydroxylation is 1. The number of alkyl halides is 1. The van der Waals surface area contributed by atoms with Gasteiger partial charge >= 0.3 is 0 Å². The number of aromatic amines is 1. The molecule has 0 spiro atoms. The molecule has 4 aromatic heterocycles. The van der Waals surface area contributed by atoms with Gasteiger partial charge in [0.25, 0.3) is 0 Å². The number of nitrogens with one attached hydrogen (secondary N) is 2. The highest BCUT2D eigenvalue weighted by molar-refractivity contribution is 9.10. The number of nitrogens with zero attached hydrogens (tertiary/aromatic N) is 6. The Hall–Kier alpha value is -4.40. The number of rotatable bonds is 12. The number of nitrogens with two attached hydrogens (primary N) is 1. The van der Waals surface area contributed by atoms with Crippen molar-refractivity contribution < 1.29 is 17.9 Å². The zero-order valence-electron chi connectivity index (χ0n) is 31.4. The molecule has 55 heavy (non-hydrogen) atoms. The number of ether oxygens (including phenoxy) is 1. The maximum absolute atomic E-state index is 16.0. The van der Waals surface area contributed by atoms with Crippen LogP contribution >= 0.6 is 15.9 Å². The van der Waals surface area contributed by atoms with Crippen LogP contribution in [-0.2, 0) is 13.0 Å². The Labute approximate surface area is 326 Å². The van der Waals surface area contributed by atoms with Gasteiger partial charge in [-0.3, -0.25) is 9.58 Å². The first-order valence-corrected chi connectivity index (χ1v) is 20.0. The summed E-state index contributed by atoms with van der Waals surface area (Å²) >= 11 is 3.66. The monoisotopic (exact) mass is 817 g/mol. The van der Waals surface area contributed by atoms with E-state index in [4.69, 9.17) is 15.5 Å². The number of hydrogen-bond acceptors (Lipinski definition) is 7. The van der Waals surface area contributed by atoms with Gasteiger partial charge in [0.1, 0.15) is 28.9 Å². The van der Waals surface area contributed by atoms with Crippen LogP contribution in [0.5, 0.6) is 5.75 Å². The van der Waals surface area contributed by atoms with Crippen molar-refractivity contribution in [2.24, 2.45) is 0 Å². The number of halogens is 4. The molecule has 6 heterocycles. The zero-order chi connectivity index (χ0) is 38.4. The molecule has 2 aromatic carbocycles. The molecule has 0 bridgehead atoms. The minimum absolute atomic E-state index is 0.0229. The van der Waals surface area contributed by atoms with Gasteiger partial charge in [0.05, 0.1) is 35.2 Å². The minimum atomic E-state index is -1.57. The lowest BCUT2D eigenvalue weighted by molar-refractivity contribution is 0.0642. The first kappa shape index (κ1) is 37.5. The molecule has 10 nitrogen and oxygen atoms in total. The van der Waals surface area contributed by atoms with Gasteiger partial charge in [0.2, 0.25) is 0 Å². The lowest BCUT2D eigenvalue weighted by Crippen LogP contribution is -2.48. The maximum atomic E-state index is 16.0. The number of piperidine rings is 1. The number of hydrogen-bond donors (Lipinski definition) is 3. The van der Waals surface area contributed by atoms with Crippen molar-refractivity contribution in [3.05, 3.63) is 93.6 Å². The molecule has 6 aromatic rings. The second-order valence-electron chi connectivity index (χ2n) is 15.6. The number of para-hydroxylation sites is 1. The molecule has 2 aliphatic heterocycles. The van der Waals surface area contributed by atoms with E-state index in [1.54, 1.807) is 10.7 Å². The summed E-state index contributed by atoms with van der Waals surface area (Å²) in [6.45, 7) is 7.88. The molecule has 0 saturated carbocycles. The Kier molecular flexibility index (Phi) is 10.4. The predicted molar refractivity (Wildman–Crippen MR) is 212 cm³/mol. The van der Waals surface area contributed by atoms with Crippen molar-refractivity contribution in [1.29, 1.82) is 0 Å². The van der Waals surface area contributed by atoms with E-state index in [0.29, 0.717) is 43.2 Å². The average molecular weight is 819 g/mol. The van der Waals surface area contributed by atoms with Crippen LogP contribution in [0.25, 0.3) is 27.7 Å². The summed E-state index contributed by atoms with van der Waals surface area (Å²) in [4.78, 5) is 10.3. The summed E-state index contributed by atoms with van der Waals surface area (Å²) < 4.78 is 57.4. The molecule has 1 fully saturated rings. The summed E-state index contributed by atoms with van der Waals surface area (Å²) in [7, 11) is 0. The van der Waals surface area contributed by atoms with Crippen LogP contribution < -0.4 is 15.8 Å². The summed E-state index contributed by atoms with van der Waals surface area (Å²) in [5, 5.41) is 13.6. The number of H-pyrrole nitrogens is 1. The Morgan fingerprint density at radius 1 is 1.07 bits per heavy atom. The number of fused-ring (bicyclic) bond motifs is 4. The molecular formula is C41H47BrF3N9O. The first-order chi connectivity index (χ1) is 26.5. The third-order valence-corrected chi connectivity index (χ3v) is 11.8. The van der Waals surface area contributed by atoms with Gasteiger partial charge < -0.3 is 20.8 Å². The van der Waals surface area contributed by atoms with E-state index in [-0.39, 0.29) is 29.8 Å². The fourth-order valence-corrected chi connectivity index (χ4v) is 8.92. The van der Waals surface area contributed by atoms with Gasteiger partial charge in [0.15, 0.2) is 5.65 Å². The Balaban J connectivity index is 0.903. The van der Waals surface area contributed by atoms with Crippen LogP contribution in [0.1, 0.15) is 87.3 Å². The molecule has 14 heteroatoms. The van der Waals surface area contributed by atoms with Crippen molar-refractivity contribution in [2.45, 2.75) is 89.5 Å². The molecule has 0 radical (unpaired) electrons. The largest absolute Gasteiger partial charge is 0.493 e. The quantitative estimate of drug-likeness (QED) is 0.106. The molecule has 2 aliphatic rings. The van der Waals surface area contributed by atoms with Crippen LogP contribution in [0.15, 0.2) is 59.5 Å². The lowest BCUT2D eigenvalue weighted by Gasteiger charge is -2.43. The minimum Gasteiger partial charge on any atom is -0.493 e. The number of nitrogen functional groups attached to an aromatic ring is 1. The number of anilines is 1. The second-order valence-corrected chi connectivity index (χ2v) is 16.4. The standard InChI is InChI=1S/C41H47BrF3N9O/c1-24-16-29-28-11-5-6-12-33(28)50-37(29)38(53(24)23-41(2,3)45)34-31(43)17-27(18-32(34)44)55-15-8-4-7-14-52-22-26(20-48-52)30-21-49-54-39(46)35(42)36(51-40(30)54)25-10-9-13-47-19-25/h5-6,11-12,17-18,20-22,24-25,38,47,50H,4,7-10,13-16,19,23,46H2,1-3H3/t24-,25?,38-/m1/s1. The average Bonchev–Trinajstić information content (AvgIpc) is 3.89. The molecule has 290 valence electrons. The van der Waals surface area contributed by atoms with Gasteiger partial charge in [-0.25, -0.2) is 18.2 Å². The SMILES string of the molecule is C[C@@H]1Cc2c([nH]c3ccccc23)[C@@H](c2c(F)cc(OCCCCCn3cc(-c4cnn5c(N)c(Br)c(C6CCCNC6)nc45)cn3)cc2F)N1CC(C)(C)F. The van der Waals surface area contributed by atoms with Gasteiger partial charge in [-0.2, -0.15) is 14.7 Å². The van der Waals surface area contributed by atoms with E-state index in [1.165, 1.54) is 26.0 Å². The summed E-state index contributed by atoms with van der Waals surface area (Å²) in [6, 6.07) is 9.39. The highest BCUT2D eigenvalue weighted by Gasteiger charge is 2.41. The first-order valence-electron chi connectivity index (χ1n) is 19.2. The number of unbranched alkanes of at least 4 members (excludes halogenated alkanes) is 2. The Morgan fingerprint density at radius 3 is 2.64 bits per heavy atom. The van der Waals surface area contributed by atoms with E-state index in [2.05, 4.69) is 36.4 Å². The molecule has 1 unspecified atom stereocenters. The van der Waals surface area contributed by atoms with Crippen molar-refractivity contribution in [3.63, 3.8) is 0 Å². The van der Waals surface area contributed by atoms with E-state index < -0.39 is 23.3 Å². The van der Waals surface area contributed by atoms with Gasteiger partial charge in [-0.05, 0) is 93.4 Å². The molecule has 8 rings (SSSR count). The predicted octanol–water partition coefficient (Wildman–Crippen LogP) is 8.50. The van der Waals surface area contributed by atoms with Crippen LogP contribution in [0, 0.1) is 11.6 Å². The van der Waals surface area contributed by atoms with E-state index in [9.17, 15) is 0 Å². The molecule has 4 N–H and O–H groups in total. The maximum Gasteiger partial charge on any atom is 0.165 e. The normalized spacial score (nSPS) is 19.4. The van der Waals surface area contributed by atoms with Crippen LogP contribution in [0.2, 0.25) is 0 Å². The Morgan fingerprint density at radius 2 is 1.87 bits per heavy atom. The van der Waals surface area contributed by atoms with E-state index in [0.717, 1.165) is 76.5 Å².